The monoisotopic (exact) mass is 892 g/mol. The summed E-state index contributed by atoms with van der Waals surface area (Å²) >= 11 is 1.49. The average Bonchev–Trinajstić information content (AvgIpc) is 4.13. The molecule has 0 atom stereocenters. The normalized spacial score (nSPS) is 15.3. The minimum absolute atomic E-state index is 0.179. The van der Waals surface area contributed by atoms with Gasteiger partial charge in [-0.3, -0.25) is 0 Å². The van der Waals surface area contributed by atoms with E-state index in [1.807, 2.05) is 18.2 Å². The van der Waals surface area contributed by atoms with Crippen LogP contribution in [0.2, 0.25) is 0 Å². The van der Waals surface area contributed by atoms with Crippen LogP contribution in [-0.2, 0) is 21.0 Å². The van der Waals surface area contributed by atoms with Crippen LogP contribution in [0, 0.1) is 11.3 Å². The van der Waals surface area contributed by atoms with Gasteiger partial charge in [-0.2, -0.15) is 5.26 Å². The fraction of sp³-hybridized carbons (Fsp3) is 0.111. The summed E-state index contributed by atoms with van der Waals surface area (Å²) in [5, 5.41) is 19.1. The smallest absolute Gasteiger partial charge is 0.346 e. The summed E-state index contributed by atoms with van der Waals surface area (Å²) in [6.07, 6.45) is 1.46. The maximum absolute atomic E-state index is 11.8. The van der Waals surface area contributed by atoms with Gasteiger partial charge >= 0.3 is 5.97 Å². The summed E-state index contributed by atoms with van der Waals surface area (Å²) in [7, 11) is 0. The van der Waals surface area contributed by atoms with E-state index in [1.165, 1.54) is 106 Å². The Kier molecular flexibility index (Phi) is 8.43. The van der Waals surface area contributed by atoms with Gasteiger partial charge in [0, 0.05) is 37.6 Å². The van der Waals surface area contributed by atoms with Gasteiger partial charge in [-0.05, 0) is 155 Å². The van der Waals surface area contributed by atoms with E-state index < -0.39 is 11.4 Å². The van der Waals surface area contributed by atoms with Gasteiger partial charge in [-0.25, -0.2) is 4.79 Å². The Balaban J connectivity index is 1.04. The van der Waals surface area contributed by atoms with E-state index in [0.29, 0.717) is 0 Å². The Bertz CT molecular complexity index is 3610. The van der Waals surface area contributed by atoms with Crippen molar-refractivity contribution >= 4 is 40.4 Å². The van der Waals surface area contributed by atoms with E-state index in [4.69, 9.17) is 0 Å². The van der Waals surface area contributed by atoms with Gasteiger partial charge in [-0.1, -0.05) is 155 Å². The third-order valence-electron chi connectivity index (χ3n) is 15.5. The summed E-state index contributed by atoms with van der Waals surface area (Å²) in [6, 6.07) is 69.4. The van der Waals surface area contributed by atoms with Crippen molar-refractivity contribution in [3.63, 3.8) is 0 Å². The van der Waals surface area contributed by atoms with Crippen molar-refractivity contribution in [1.29, 1.82) is 5.26 Å². The average molecular weight is 893 g/mol. The number of benzene rings is 8. The molecule has 5 heteroatoms. The highest BCUT2D eigenvalue weighted by Crippen LogP contribution is 2.64. The first-order valence-corrected chi connectivity index (χ1v) is 24.0. The first-order chi connectivity index (χ1) is 33.0. The quantitative estimate of drug-likeness (QED) is 0.133. The molecule has 4 aliphatic carbocycles. The van der Waals surface area contributed by atoms with E-state index in [1.54, 1.807) is 0 Å². The van der Waals surface area contributed by atoms with Crippen LogP contribution in [0.5, 0.6) is 0 Å². The molecule has 4 nitrogen and oxygen atoms in total. The van der Waals surface area contributed by atoms with Gasteiger partial charge in [0.2, 0.25) is 0 Å². The van der Waals surface area contributed by atoms with Crippen LogP contribution in [0.1, 0.15) is 77.1 Å². The largest absolute Gasteiger partial charge is 0.477 e. The Morgan fingerprint density at radius 3 is 1.37 bits per heavy atom. The SMILES string of the molecule is CC1(C)c2ccccc2-c2ccc(N(c3ccc4c(c3)C(C)(C)c3ccccc3-4)c3ccc4c(c3)C3(c5ccccc5-c5ccccc53)c3cc(-c5ccc(/C=C(\C#N)C(=O)O)s5)ccc3-4)cc21. The molecule has 13 rings (SSSR count). The molecule has 1 N–H and O–H groups in total. The molecule has 0 aliphatic heterocycles. The molecule has 0 amide bonds. The highest BCUT2D eigenvalue weighted by Gasteiger charge is 2.52. The van der Waals surface area contributed by atoms with E-state index >= 15 is 0 Å². The zero-order valence-corrected chi connectivity index (χ0v) is 38.9. The first kappa shape index (κ1) is 40.3. The number of hydrogen-bond donors (Lipinski definition) is 1. The summed E-state index contributed by atoms with van der Waals surface area (Å²) in [5.41, 5.74) is 23.5. The molecule has 68 heavy (non-hydrogen) atoms. The molecule has 4 aliphatic rings. The van der Waals surface area contributed by atoms with Gasteiger partial charge in [-0.15, -0.1) is 11.3 Å². The Morgan fingerprint density at radius 2 is 0.882 bits per heavy atom. The minimum Gasteiger partial charge on any atom is -0.477 e. The zero-order chi connectivity index (χ0) is 46.3. The second-order valence-corrected chi connectivity index (χ2v) is 20.8. The molecule has 1 spiro atoms. The standard InChI is InChI=1S/C63H44N2O2S/c1-61(2)51-17-9-5-13-43(51)47-27-22-39(33-55(47)61)65(40-23-28-48-44-14-6-10-18-52(44)62(3,4)56(48)34-40)41-24-29-50-49-26-21-37(59-30-25-42(68-59)31-38(36-64)60(66)67)32-57(49)63(58(50)35-41)53-19-11-7-15-45(53)46-16-8-12-20-54(46)63/h5-35H,1-4H3,(H,66,67)/b38-31+. The number of carbonyl (C=O) groups is 1. The first-order valence-electron chi connectivity index (χ1n) is 23.2. The molecular weight excluding hydrogens is 849 g/mol. The topological polar surface area (TPSA) is 64.3 Å². The number of thiophene rings is 1. The van der Waals surface area contributed by atoms with Crippen molar-refractivity contribution in [2.45, 2.75) is 43.9 Å². The maximum atomic E-state index is 11.8. The second-order valence-electron chi connectivity index (χ2n) is 19.6. The van der Waals surface area contributed by atoms with Crippen LogP contribution in [-0.4, -0.2) is 11.1 Å². The van der Waals surface area contributed by atoms with Crippen LogP contribution < -0.4 is 4.90 Å². The molecule has 324 valence electrons. The number of aliphatic carboxylic acids is 1. The van der Waals surface area contributed by atoms with E-state index in [9.17, 15) is 15.2 Å². The molecule has 0 saturated carbocycles. The van der Waals surface area contributed by atoms with Crippen molar-refractivity contribution in [3.05, 3.63) is 237 Å². The van der Waals surface area contributed by atoms with Crippen LogP contribution in [0.25, 0.3) is 61.0 Å². The highest BCUT2D eigenvalue weighted by molar-refractivity contribution is 7.16. The number of fused-ring (bicyclic) bond motifs is 16. The van der Waals surface area contributed by atoms with Crippen LogP contribution in [0.4, 0.5) is 17.1 Å². The number of nitrogens with zero attached hydrogens (tertiary/aromatic N) is 2. The van der Waals surface area contributed by atoms with Crippen molar-refractivity contribution in [3.8, 4) is 61.0 Å². The lowest BCUT2D eigenvalue weighted by atomic mass is 9.70. The zero-order valence-electron chi connectivity index (χ0n) is 38.1. The van der Waals surface area contributed by atoms with Crippen molar-refractivity contribution in [1.82, 2.24) is 0 Å². The van der Waals surface area contributed by atoms with Gasteiger partial charge in [0.25, 0.3) is 0 Å². The van der Waals surface area contributed by atoms with Crippen molar-refractivity contribution in [2.24, 2.45) is 0 Å². The van der Waals surface area contributed by atoms with Crippen molar-refractivity contribution in [2.75, 3.05) is 4.90 Å². The summed E-state index contributed by atoms with van der Waals surface area (Å²) < 4.78 is 0. The molecule has 0 fully saturated rings. The highest BCUT2D eigenvalue weighted by atomic mass is 32.1. The second kappa shape index (κ2) is 14.2. The summed E-state index contributed by atoms with van der Waals surface area (Å²) in [5.74, 6) is -1.23. The summed E-state index contributed by atoms with van der Waals surface area (Å²) in [4.78, 5) is 16.0. The molecule has 1 aromatic heterocycles. The molecular formula is C63H44N2O2S. The number of carboxylic acid groups (broad SMARTS) is 1. The van der Waals surface area contributed by atoms with E-state index in [-0.39, 0.29) is 16.4 Å². The number of anilines is 3. The number of hydrogen-bond acceptors (Lipinski definition) is 4. The van der Waals surface area contributed by atoms with Crippen molar-refractivity contribution < 1.29 is 9.90 Å². The van der Waals surface area contributed by atoms with Crippen LogP contribution >= 0.6 is 11.3 Å². The van der Waals surface area contributed by atoms with Gasteiger partial charge < -0.3 is 10.0 Å². The number of rotatable bonds is 6. The molecule has 0 unspecified atom stereocenters. The maximum Gasteiger partial charge on any atom is 0.346 e. The number of carboxylic acids is 1. The van der Waals surface area contributed by atoms with Gasteiger partial charge in [0.15, 0.2) is 0 Å². The third-order valence-corrected chi connectivity index (χ3v) is 16.6. The predicted octanol–water partition coefficient (Wildman–Crippen LogP) is 15.8. The van der Waals surface area contributed by atoms with Crippen LogP contribution in [0.3, 0.4) is 0 Å². The Morgan fingerprint density at radius 1 is 0.485 bits per heavy atom. The Hall–Kier alpha value is -8.04. The molecule has 9 aromatic rings. The lowest BCUT2D eigenvalue weighted by molar-refractivity contribution is -0.132. The molecule has 8 aromatic carbocycles. The predicted molar refractivity (Wildman–Crippen MR) is 277 cm³/mol. The molecule has 0 radical (unpaired) electrons. The fourth-order valence-electron chi connectivity index (χ4n) is 12.4. The summed E-state index contributed by atoms with van der Waals surface area (Å²) in [6.45, 7) is 9.42. The third kappa shape index (κ3) is 5.38. The number of nitriles is 1. The van der Waals surface area contributed by atoms with Crippen LogP contribution in [0.15, 0.2) is 188 Å². The lowest BCUT2D eigenvalue weighted by Gasteiger charge is -2.33. The lowest BCUT2D eigenvalue weighted by Crippen LogP contribution is -2.26. The molecule has 0 saturated heterocycles. The van der Waals surface area contributed by atoms with E-state index in [0.717, 1.165) is 32.4 Å². The minimum atomic E-state index is -1.23. The molecule has 0 bridgehead atoms. The van der Waals surface area contributed by atoms with E-state index in [2.05, 4.69) is 202 Å². The van der Waals surface area contributed by atoms with Gasteiger partial charge in [0.05, 0.1) is 5.41 Å². The molecule has 1 heterocycles. The van der Waals surface area contributed by atoms with Gasteiger partial charge in [0.1, 0.15) is 11.6 Å². The fourth-order valence-corrected chi connectivity index (χ4v) is 13.3. The Labute approximate surface area is 400 Å².